The standard InChI is InChI=1S/C25H22Cl2N4O7/c1-25(2,3)38-24(37)30(12-16-17(26)5-4-6-18(16)27)21-20(31(22(33)34)23(35)36)28-11-19(29-21)15-9-7-14(13-32)8-10-15/h4-11,13H,12H2,1-3H3,(H,33,34)(H,35,36). The van der Waals surface area contributed by atoms with Crippen molar-refractivity contribution in [3.05, 3.63) is 69.8 Å². The van der Waals surface area contributed by atoms with Crippen molar-refractivity contribution in [3.8, 4) is 11.3 Å². The number of rotatable bonds is 6. The molecule has 0 atom stereocenters. The van der Waals surface area contributed by atoms with E-state index >= 15 is 0 Å². The normalized spacial score (nSPS) is 11.0. The van der Waals surface area contributed by atoms with Crippen LogP contribution < -0.4 is 9.80 Å². The Bertz CT molecular complexity index is 1360. The third-order valence-electron chi connectivity index (χ3n) is 4.92. The second-order valence-corrected chi connectivity index (χ2v) is 9.62. The van der Waals surface area contributed by atoms with E-state index in [-0.39, 0.29) is 32.7 Å². The highest BCUT2D eigenvalue weighted by Crippen LogP contribution is 2.34. The molecule has 0 spiro atoms. The summed E-state index contributed by atoms with van der Waals surface area (Å²) in [5.41, 5.74) is 0.274. The third kappa shape index (κ3) is 6.55. The Labute approximate surface area is 227 Å². The first-order chi connectivity index (χ1) is 17.8. The van der Waals surface area contributed by atoms with Crippen molar-refractivity contribution in [2.24, 2.45) is 0 Å². The number of ether oxygens (including phenoxy) is 1. The van der Waals surface area contributed by atoms with Crippen LogP contribution in [0.5, 0.6) is 0 Å². The van der Waals surface area contributed by atoms with E-state index in [0.29, 0.717) is 17.4 Å². The van der Waals surface area contributed by atoms with Gasteiger partial charge >= 0.3 is 18.3 Å². The monoisotopic (exact) mass is 560 g/mol. The van der Waals surface area contributed by atoms with Crippen molar-refractivity contribution in [2.45, 2.75) is 32.9 Å². The molecule has 3 rings (SSSR count). The van der Waals surface area contributed by atoms with Crippen LogP contribution in [0.15, 0.2) is 48.7 Å². The minimum Gasteiger partial charge on any atom is -0.464 e. The van der Waals surface area contributed by atoms with Crippen LogP contribution in [0, 0.1) is 0 Å². The highest BCUT2D eigenvalue weighted by Gasteiger charge is 2.34. The molecule has 13 heteroatoms. The Balaban J connectivity index is 2.29. The van der Waals surface area contributed by atoms with E-state index < -0.39 is 35.5 Å². The summed E-state index contributed by atoms with van der Waals surface area (Å²) in [6.07, 6.45) is -2.96. The molecule has 0 unspecified atom stereocenters. The highest BCUT2D eigenvalue weighted by atomic mass is 35.5. The van der Waals surface area contributed by atoms with Crippen LogP contribution >= 0.6 is 23.2 Å². The SMILES string of the molecule is CC(C)(C)OC(=O)N(Cc1c(Cl)cccc1Cl)c1nc(-c2ccc(C=O)cc2)cnc1N(C(=O)O)C(=O)O. The molecule has 198 valence electrons. The largest absolute Gasteiger partial charge is 0.464 e. The summed E-state index contributed by atoms with van der Waals surface area (Å²) in [6.45, 7) is 4.48. The van der Waals surface area contributed by atoms with Crippen LogP contribution in [0.3, 0.4) is 0 Å². The number of benzene rings is 2. The fourth-order valence-corrected chi connectivity index (χ4v) is 3.75. The molecule has 0 aliphatic carbocycles. The van der Waals surface area contributed by atoms with Gasteiger partial charge in [0.05, 0.1) is 18.4 Å². The smallest absolute Gasteiger partial charge is 0.422 e. The minimum atomic E-state index is -1.88. The van der Waals surface area contributed by atoms with E-state index in [4.69, 9.17) is 27.9 Å². The summed E-state index contributed by atoms with van der Waals surface area (Å²) < 4.78 is 5.52. The molecule has 1 heterocycles. The average Bonchev–Trinajstić information content (AvgIpc) is 2.83. The van der Waals surface area contributed by atoms with Gasteiger partial charge in [-0.1, -0.05) is 53.5 Å². The second-order valence-electron chi connectivity index (χ2n) is 8.81. The summed E-state index contributed by atoms with van der Waals surface area (Å²) in [5, 5.41) is 19.6. The molecular weight excluding hydrogens is 539 g/mol. The molecule has 2 aromatic carbocycles. The Morgan fingerprint density at radius 1 is 0.974 bits per heavy atom. The first-order valence-electron chi connectivity index (χ1n) is 10.9. The highest BCUT2D eigenvalue weighted by molar-refractivity contribution is 6.36. The van der Waals surface area contributed by atoms with Crippen LogP contribution in [0.25, 0.3) is 11.3 Å². The molecule has 38 heavy (non-hydrogen) atoms. The molecule has 0 fully saturated rings. The molecule has 2 N–H and O–H groups in total. The molecule has 11 nitrogen and oxygen atoms in total. The minimum absolute atomic E-state index is 0.0762. The van der Waals surface area contributed by atoms with Gasteiger partial charge in [-0.2, -0.15) is 4.90 Å². The van der Waals surface area contributed by atoms with Gasteiger partial charge in [0.15, 0.2) is 11.6 Å². The van der Waals surface area contributed by atoms with E-state index in [1.807, 2.05) is 0 Å². The summed E-state index contributed by atoms with van der Waals surface area (Å²) in [6, 6.07) is 10.8. The van der Waals surface area contributed by atoms with Crippen LogP contribution in [-0.2, 0) is 11.3 Å². The molecule has 3 aromatic rings. The second kappa shape index (κ2) is 11.4. The van der Waals surface area contributed by atoms with Gasteiger partial charge in [-0.3, -0.25) is 9.69 Å². The maximum Gasteiger partial charge on any atom is 0.422 e. The number of nitrogens with zero attached hydrogens (tertiary/aromatic N) is 4. The van der Waals surface area contributed by atoms with Crippen molar-refractivity contribution < 1.29 is 34.1 Å². The Morgan fingerprint density at radius 2 is 1.55 bits per heavy atom. The number of hydrogen-bond acceptors (Lipinski definition) is 7. The number of carboxylic acid groups (broad SMARTS) is 2. The Morgan fingerprint density at radius 3 is 2.05 bits per heavy atom. The number of anilines is 2. The van der Waals surface area contributed by atoms with Gasteiger partial charge < -0.3 is 14.9 Å². The molecule has 0 aliphatic heterocycles. The fraction of sp³-hybridized carbons (Fsp3) is 0.200. The van der Waals surface area contributed by atoms with Crippen molar-refractivity contribution in [3.63, 3.8) is 0 Å². The van der Waals surface area contributed by atoms with Crippen LogP contribution in [-0.4, -0.2) is 50.3 Å². The number of hydrogen-bond donors (Lipinski definition) is 2. The predicted molar refractivity (Wildman–Crippen MR) is 140 cm³/mol. The Hall–Kier alpha value is -4.22. The van der Waals surface area contributed by atoms with Gasteiger partial charge in [0.2, 0.25) is 0 Å². The van der Waals surface area contributed by atoms with Crippen LogP contribution in [0.4, 0.5) is 26.0 Å². The molecule has 0 saturated carbocycles. The molecule has 0 bridgehead atoms. The molecule has 0 aliphatic rings. The maximum atomic E-state index is 13.4. The lowest BCUT2D eigenvalue weighted by atomic mass is 10.1. The molecule has 3 amide bonds. The van der Waals surface area contributed by atoms with E-state index in [0.717, 1.165) is 11.1 Å². The maximum absolute atomic E-state index is 13.4. The topological polar surface area (TPSA) is 150 Å². The number of carbonyl (C=O) groups excluding carboxylic acids is 2. The predicted octanol–water partition coefficient (Wildman–Crippen LogP) is 6.37. The summed E-state index contributed by atoms with van der Waals surface area (Å²) in [7, 11) is 0. The number of aromatic nitrogens is 2. The lowest BCUT2D eigenvalue weighted by Gasteiger charge is -2.29. The summed E-state index contributed by atoms with van der Waals surface area (Å²) >= 11 is 12.7. The zero-order chi connectivity index (χ0) is 28.2. The zero-order valence-corrected chi connectivity index (χ0v) is 21.9. The quantitative estimate of drug-likeness (QED) is 0.327. The molecule has 1 aromatic heterocycles. The zero-order valence-electron chi connectivity index (χ0n) is 20.4. The Kier molecular flexibility index (Phi) is 8.54. The van der Waals surface area contributed by atoms with E-state index in [2.05, 4.69) is 9.97 Å². The number of aldehydes is 1. The van der Waals surface area contributed by atoms with Crippen molar-refractivity contribution in [1.29, 1.82) is 0 Å². The molecule has 0 radical (unpaired) electrons. The third-order valence-corrected chi connectivity index (χ3v) is 5.63. The fourth-order valence-electron chi connectivity index (χ4n) is 3.23. The lowest BCUT2D eigenvalue weighted by Crippen LogP contribution is -2.41. The van der Waals surface area contributed by atoms with Gasteiger partial charge in [0, 0.05) is 26.7 Å². The summed E-state index contributed by atoms with van der Waals surface area (Å²) in [5.74, 6) is -1.12. The van der Waals surface area contributed by atoms with Crippen molar-refractivity contribution in [1.82, 2.24) is 9.97 Å². The molecular formula is C25H22Cl2N4O7. The first-order valence-corrected chi connectivity index (χ1v) is 11.7. The van der Waals surface area contributed by atoms with Gasteiger partial charge in [0.1, 0.15) is 11.9 Å². The molecule has 0 saturated heterocycles. The number of amides is 3. The first kappa shape index (κ1) is 28.4. The van der Waals surface area contributed by atoms with E-state index in [1.54, 1.807) is 39.0 Å². The van der Waals surface area contributed by atoms with E-state index in [1.165, 1.54) is 24.3 Å². The van der Waals surface area contributed by atoms with Gasteiger partial charge in [0.25, 0.3) is 0 Å². The lowest BCUT2D eigenvalue weighted by molar-refractivity contribution is 0.0576. The van der Waals surface area contributed by atoms with Gasteiger partial charge in [-0.15, -0.1) is 0 Å². The van der Waals surface area contributed by atoms with Crippen molar-refractivity contribution in [2.75, 3.05) is 9.80 Å². The average molecular weight is 561 g/mol. The van der Waals surface area contributed by atoms with Crippen LogP contribution in [0.2, 0.25) is 10.0 Å². The number of carbonyl (C=O) groups is 4. The summed E-state index contributed by atoms with van der Waals surface area (Å²) in [4.78, 5) is 57.5. The number of imide groups is 1. The van der Waals surface area contributed by atoms with Gasteiger partial charge in [-0.25, -0.2) is 24.4 Å². The van der Waals surface area contributed by atoms with Crippen molar-refractivity contribution >= 4 is 59.4 Å². The van der Waals surface area contributed by atoms with Gasteiger partial charge in [-0.05, 0) is 32.9 Å². The van der Waals surface area contributed by atoms with E-state index in [9.17, 15) is 29.4 Å². The number of halogens is 2. The van der Waals surface area contributed by atoms with Crippen LogP contribution in [0.1, 0.15) is 36.7 Å².